The first kappa shape index (κ1) is 14.5. The van der Waals surface area contributed by atoms with Gasteiger partial charge in [-0.3, -0.25) is 4.79 Å². The maximum atomic E-state index is 12.0. The summed E-state index contributed by atoms with van der Waals surface area (Å²) in [5.41, 5.74) is 0. The molecule has 0 aromatic heterocycles. The van der Waals surface area contributed by atoms with E-state index < -0.39 is 0 Å². The molecule has 100 valence electrons. The predicted octanol–water partition coefficient (Wildman–Crippen LogP) is 4.04. The van der Waals surface area contributed by atoms with E-state index in [2.05, 4.69) is 34.6 Å². The second-order valence-electron chi connectivity index (χ2n) is 6.21. The molecule has 17 heavy (non-hydrogen) atoms. The SMILES string of the molecule is CCC[C@H](C)[C@H]1OC(=O)[C@@H](CC(C)C)C[C@H]1C. The van der Waals surface area contributed by atoms with E-state index in [4.69, 9.17) is 4.74 Å². The Kier molecular flexibility index (Phi) is 5.48. The first-order chi connectivity index (χ1) is 7.95. The molecule has 1 aliphatic rings. The van der Waals surface area contributed by atoms with Crippen LogP contribution in [0.25, 0.3) is 0 Å². The van der Waals surface area contributed by atoms with Gasteiger partial charge in [-0.2, -0.15) is 0 Å². The van der Waals surface area contributed by atoms with E-state index in [1.807, 2.05) is 0 Å². The van der Waals surface area contributed by atoms with Crippen LogP contribution in [0.3, 0.4) is 0 Å². The second kappa shape index (κ2) is 6.42. The fraction of sp³-hybridized carbons (Fsp3) is 0.933. The van der Waals surface area contributed by atoms with Crippen LogP contribution in [0.5, 0.6) is 0 Å². The van der Waals surface area contributed by atoms with Crippen molar-refractivity contribution >= 4 is 5.97 Å². The first-order valence-electron chi connectivity index (χ1n) is 7.16. The summed E-state index contributed by atoms with van der Waals surface area (Å²) in [6, 6.07) is 0. The van der Waals surface area contributed by atoms with Crippen molar-refractivity contribution in [2.24, 2.45) is 23.7 Å². The third-order valence-corrected chi connectivity index (χ3v) is 3.86. The van der Waals surface area contributed by atoms with E-state index in [9.17, 15) is 4.79 Å². The third-order valence-electron chi connectivity index (χ3n) is 3.86. The van der Waals surface area contributed by atoms with Gasteiger partial charge in [-0.15, -0.1) is 0 Å². The summed E-state index contributed by atoms with van der Waals surface area (Å²) in [6.07, 6.45) is 4.44. The molecule has 4 atom stereocenters. The van der Waals surface area contributed by atoms with Crippen LogP contribution in [0, 0.1) is 23.7 Å². The van der Waals surface area contributed by atoms with Crippen molar-refractivity contribution in [1.29, 1.82) is 0 Å². The molecule has 2 nitrogen and oxygen atoms in total. The van der Waals surface area contributed by atoms with Gasteiger partial charge in [0.25, 0.3) is 0 Å². The van der Waals surface area contributed by atoms with E-state index >= 15 is 0 Å². The van der Waals surface area contributed by atoms with E-state index in [1.54, 1.807) is 0 Å². The van der Waals surface area contributed by atoms with Crippen molar-refractivity contribution in [3.63, 3.8) is 0 Å². The Morgan fingerprint density at radius 2 is 2.00 bits per heavy atom. The minimum absolute atomic E-state index is 0.0461. The van der Waals surface area contributed by atoms with Crippen molar-refractivity contribution < 1.29 is 9.53 Å². The van der Waals surface area contributed by atoms with Gasteiger partial charge in [-0.1, -0.05) is 41.0 Å². The Bertz CT molecular complexity index is 247. The van der Waals surface area contributed by atoms with Crippen molar-refractivity contribution in [3.8, 4) is 0 Å². The molecule has 0 bridgehead atoms. The Morgan fingerprint density at radius 3 is 2.53 bits per heavy atom. The minimum Gasteiger partial charge on any atom is -0.462 e. The lowest BCUT2D eigenvalue weighted by molar-refractivity contribution is -0.170. The molecule has 0 aliphatic carbocycles. The molecule has 0 spiro atoms. The van der Waals surface area contributed by atoms with Crippen LogP contribution in [0.4, 0.5) is 0 Å². The lowest BCUT2D eigenvalue weighted by atomic mass is 9.79. The number of hydrogen-bond donors (Lipinski definition) is 0. The van der Waals surface area contributed by atoms with Gasteiger partial charge in [-0.25, -0.2) is 0 Å². The molecule has 1 rings (SSSR count). The summed E-state index contributed by atoms with van der Waals surface area (Å²) < 4.78 is 5.69. The van der Waals surface area contributed by atoms with Crippen molar-refractivity contribution in [3.05, 3.63) is 0 Å². The first-order valence-corrected chi connectivity index (χ1v) is 7.16. The average molecular weight is 240 g/mol. The third kappa shape index (κ3) is 4.01. The van der Waals surface area contributed by atoms with Gasteiger partial charge in [0.2, 0.25) is 0 Å². The molecule has 1 saturated heterocycles. The molecule has 0 aromatic rings. The van der Waals surface area contributed by atoms with Crippen molar-refractivity contribution in [1.82, 2.24) is 0 Å². The van der Waals surface area contributed by atoms with Crippen LogP contribution in [0.1, 0.15) is 60.3 Å². The van der Waals surface area contributed by atoms with Gasteiger partial charge in [0.15, 0.2) is 0 Å². The van der Waals surface area contributed by atoms with Gasteiger partial charge in [0.05, 0.1) is 5.92 Å². The van der Waals surface area contributed by atoms with Gasteiger partial charge >= 0.3 is 5.97 Å². The Labute approximate surface area is 106 Å². The molecular weight excluding hydrogens is 212 g/mol. The molecule has 0 saturated carbocycles. The molecule has 1 heterocycles. The van der Waals surface area contributed by atoms with Crippen LogP contribution >= 0.6 is 0 Å². The monoisotopic (exact) mass is 240 g/mol. The zero-order valence-electron chi connectivity index (χ0n) is 12.0. The maximum absolute atomic E-state index is 12.0. The number of esters is 1. The molecule has 1 fully saturated rings. The summed E-state index contributed by atoms with van der Waals surface area (Å²) in [6.45, 7) is 11.0. The van der Waals surface area contributed by atoms with Gasteiger partial charge < -0.3 is 4.74 Å². The highest BCUT2D eigenvalue weighted by Crippen LogP contribution is 2.34. The minimum atomic E-state index is 0.0461. The standard InChI is InChI=1S/C15H28O2/c1-6-7-11(4)14-12(5)9-13(8-10(2)3)15(16)17-14/h10-14H,6-9H2,1-5H3/t11-,12+,13-,14+/m0/s1. The summed E-state index contributed by atoms with van der Waals surface area (Å²) in [4.78, 5) is 12.0. The van der Waals surface area contributed by atoms with Gasteiger partial charge in [0.1, 0.15) is 6.10 Å². The normalized spacial score (nSPS) is 31.4. The molecule has 1 aliphatic heterocycles. The highest BCUT2D eigenvalue weighted by atomic mass is 16.5. The quantitative estimate of drug-likeness (QED) is 0.678. The smallest absolute Gasteiger partial charge is 0.309 e. The Morgan fingerprint density at radius 1 is 1.35 bits per heavy atom. The zero-order chi connectivity index (χ0) is 13.0. The lowest BCUT2D eigenvalue weighted by Crippen LogP contribution is -2.41. The van der Waals surface area contributed by atoms with Crippen molar-refractivity contribution in [2.75, 3.05) is 0 Å². The van der Waals surface area contributed by atoms with Gasteiger partial charge in [-0.05, 0) is 37.0 Å². The Hall–Kier alpha value is -0.530. The van der Waals surface area contributed by atoms with E-state index in [1.165, 1.54) is 0 Å². The summed E-state index contributed by atoms with van der Waals surface area (Å²) in [5, 5.41) is 0. The molecule has 0 aromatic carbocycles. The fourth-order valence-corrected chi connectivity index (χ4v) is 3.08. The van der Waals surface area contributed by atoms with Crippen LogP contribution in [-0.4, -0.2) is 12.1 Å². The van der Waals surface area contributed by atoms with E-state index in [-0.39, 0.29) is 18.0 Å². The molecule has 0 unspecified atom stereocenters. The highest BCUT2D eigenvalue weighted by molar-refractivity contribution is 5.73. The highest BCUT2D eigenvalue weighted by Gasteiger charge is 2.37. The number of hydrogen-bond acceptors (Lipinski definition) is 2. The summed E-state index contributed by atoms with van der Waals surface area (Å²) in [7, 11) is 0. The van der Waals surface area contributed by atoms with Crippen LogP contribution in [-0.2, 0) is 9.53 Å². The Balaban J connectivity index is 2.57. The molecular formula is C15H28O2. The van der Waals surface area contributed by atoms with Crippen LogP contribution in [0.2, 0.25) is 0 Å². The largest absolute Gasteiger partial charge is 0.462 e. The summed E-state index contributed by atoms with van der Waals surface area (Å²) >= 11 is 0. The number of carbonyl (C=O) groups is 1. The summed E-state index contributed by atoms with van der Waals surface area (Å²) in [5.74, 6) is 1.76. The molecule has 0 radical (unpaired) electrons. The van der Waals surface area contributed by atoms with E-state index in [0.717, 1.165) is 25.7 Å². The molecule has 2 heteroatoms. The number of cyclic esters (lactones) is 1. The average Bonchev–Trinajstić information content (AvgIpc) is 2.22. The fourth-order valence-electron chi connectivity index (χ4n) is 3.08. The molecule has 0 amide bonds. The number of ether oxygens (including phenoxy) is 1. The van der Waals surface area contributed by atoms with E-state index in [0.29, 0.717) is 17.8 Å². The maximum Gasteiger partial charge on any atom is 0.309 e. The lowest BCUT2D eigenvalue weighted by Gasteiger charge is -2.37. The van der Waals surface area contributed by atoms with Crippen LogP contribution in [0.15, 0.2) is 0 Å². The van der Waals surface area contributed by atoms with Crippen molar-refractivity contribution in [2.45, 2.75) is 66.4 Å². The predicted molar refractivity (Wildman–Crippen MR) is 70.7 cm³/mol. The van der Waals surface area contributed by atoms with Crippen LogP contribution < -0.4 is 0 Å². The zero-order valence-corrected chi connectivity index (χ0v) is 12.0. The topological polar surface area (TPSA) is 26.3 Å². The second-order valence-corrected chi connectivity index (χ2v) is 6.21. The number of carbonyl (C=O) groups excluding carboxylic acids is 1. The number of rotatable bonds is 5. The molecule has 0 N–H and O–H groups in total. The van der Waals surface area contributed by atoms with Gasteiger partial charge in [0, 0.05) is 0 Å².